The van der Waals surface area contributed by atoms with Crippen molar-refractivity contribution < 1.29 is 19.0 Å². The summed E-state index contributed by atoms with van der Waals surface area (Å²) in [5.41, 5.74) is 3.37. The van der Waals surface area contributed by atoms with E-state index in [9.17, 15) is 9.59 Å². The lowest BCUT2D eigenvalue weighted by molar-refractivity contribution is -0.127. The highest BCUT2D eigenvalue weighted by Gasteiger charge is 2.35. The third-order valence-electron chi connectivity index (χ3n) is 7.46. The van der Waals surface area contributed by atoms with Crippen molar-refractivity contribution in [3.63, 3.8) is 0 Å². The number of carbonyl (C=O) groups excluding carboxylic acids is 1. The van der Waals surface area contributed by atoms with E-state index in [0.717, 1.165) is 16.7 Å². The van der Waals surface area contributed by atoms with Crippen LogP contribution < -0.4 is 29.1 Å². The summed E-state index contributed by atoms with van der Waals surface area (Å²) in [7, 11) is 3.18. The third kappa shape index (κ3) is 5.99. The molecule has 0 aliphatic carbocycles. The van der Waals surface area contributed by atoms with E-state index in [0.29, 0.717) is 57.5 Å². The largest absolute Gasteiger partial charge is 0.496 e. The van der Waals surface area contributed by atoms with Gasteiger partial charge < -0.3 is 19.1 Å². The van der Waals surface area contributed by atoms with Crippen molar-refractivity contribution in [3.8, 4) is 17.2 Å². The minimum absolute atomic E-state index is 0.146. The fourth-order valence-corrected chi connectivity index (χ4v) is 6.29. The Hall–Kier alpha value is -4.63. The number of hydrogen-bond donors (Lipinski definition) is 0. The number of likely N-dealkylation sites (N-methyl/N-ethyl adjacent to an activating group) is 1. The van der Waals surface area contributed by atoms with Gasteiger partial charge in [-0.25, -0.2) is 4.99 Å². The van der Waals surface area contributed by atoms with Crippen LogP contribution >= 0.6 is 11.3 Å². The molecule has 0 spiro atoms. The highest BCUT2D eigenvalue weighted by Crippen LogP contribution is 2.36. The second-order valence-corrected chi connectivity index (χ2v) is 11.0. The first-order chi connectivity index (χ1) is 20.9. The van der Waals surface area contributed by atoms with Gasteiger partial charge in [0.1, 0.15) is 18.4 Å². The number of hydrogen-bond acceptors (Lipinski definition) is 7. The molecule has 4 aromatic rings. The molecule has 43 heavy (non-hydrogen) atoms. The predicted octanol–water partition coefficient (Wildman–Crippen LogP) is 4.70. The number of fused-ring (bicyclic) bond motifs is 1. The Bertz CT molecular complexity index is 1840. The minimum Gasteiger partial charge on any atom is -0.496 e. The lowest BCUT2D eigenvalue weighted by Crippen LogP contribution is -2.43. The van der Waals surface area contributed by atoms with Gasteiger partial charge in [-0.15, -0.1) is 0 Å². The van der Waals surface area contributed by atoms with Crippen molar-refractivity contribution in [2.24, 2.45) is 4.99 Å². The molecule has 1 aliphatic rings. The molecule has 1 aromatic heterocycles. The van der Waals surface area contributed by atoms with Gasteiger partial charge in [0, 0.05) is 18.7 Å². The molecule has 0 fully saturated rings. The maximum absolute atomic E-state index is 14.1. The van der Waals surface area contributed by atoms with Crippen molar-refractivity contribution in [3.05, 3.63) is 120 Å². The monoisotopic (exact) mass is 597 g/mol. The van der Waals surface area contributed by atoms with Crippen molar-refractivity contribution in [1.82, 2.24) is 9.47 Å². The van der Waals surface area contributed by atoms with Crippen LogP contribution in [0.4, 0.5) is 0 Å². The first kappa shape index (κ1) is 29.8. The van der Waals surface area contributed by atoms with Gasteiger partial charge in [0.25, 0.3) is 11.5 Å². The predicted molar refractivity (Wildman–Crippen MR) is 168 cm³/mol. The first-order valence-electron chi connectivity index (χ1n) is 14.2. The number of carbonyl (C=O) groups is 1. The maximum Gasteiger partial charge on any atom is 0.271 e. The van der Waals surface area contributed by atoms with Gasteiger partial charge >= 0.3 is 0 Å². The van der Waals surface area contributed by atoms with Gasteiger partial charge in [0.15, 0.2) is 16.3 Å². The van der Waals surface area contributed by atoms with Crippen molar-refractivity contribution in [2.75, 3.05) is 27.3 Å². The summed E-state index contributed by atoms with van der Waals surface area (Å²) in [5.74, 6) is 1.62. The van der Waals surface area contributed by atoms with Crippen molar-refractivity contribution in [2.45, 2.75) is 33.4 Å². The molecular weight excluding hydrogens is 562 g/mol. The Morgan fingerprint density at radius 1 is 0.953 bits per heavy atom. The van der Waals surface area contributed by atoms with Crippen LogP contribution in [0.15, 0.2) is 93.9 Å². The van der Waals surface area contributed by atoms with Crippen LogP contribution in [0.2, 0.25) is 0 Å². The smallest absolute Gasteiger partial charge is 0.271 e. The Morgan fingerprint density at radius 2 is 1.65 bits per heavy atom. The molecular formula is C34H35N3O5S. The number of benzene rings is 3. The molecule has 0 unspecified atom stereocenters. The molecule has 0 saturated heterocycles. The van der Waals surface area contributed by atoms with Gasteiger partial charge in [-0.3, -0.25) is 14.2 Å². The first-order valence-corrected chi connectivity index (χ1v) is 15.0. The Morgan fingerprint density at radius 3 is 2.35 bits per heavy atom. The topological polar surface area (TPSA) is 82.4 Å². The van der Waals surface area contributed by atoms with E-state index < -0.39 is 6.04 Å². The number of thiazole rings is 1. The second-order valence-electron chi connectivity index (χ2n) is 9.99. The fraction of sp³-hybridized carbons (Fsp3) is 0.265. The molecule has 1 atom stereocenters. The summed E-state index contributed by atoms with van der Waals surface area (Å²) in [4.78, 5) is 35.0. The highest BCUT2D eigenvalue weighted by atomic mass is 32.1. The SMILES string of the molecule is CCN(CC)C(=O)C1=C(C)N=c2s/c(=C/c3ccc(OCc4ccccc4)c(OC)c3)c(=O)n2[C@@H]1c1ccccc1OC. The minimum atomic E-state index is -0.689. The van der Waals surface area contributed by atoms with Gasteiger partial charge in [0.2, 0.25) is 0 Å². The van der Waals surface area contributed by atoms with E-state index in [2.05, 4.69) is 0 Å². The van der Waals surface area contributed by atoms with Gasteiger partial charge in [-0.1, -0.05) is 65.9 Å². The number of amides is 1. The Labute approximate surface area is 254 Å². The number of para-hydroxylation sites is 1. The van der Waals surface area contributed by atoms with Crippen LogP contribution in [-0.2, 0) is 11.4 Å². The number of allylic oxidation sites excluding steroid dienone is 1. The van der Waals surface area contributed by atoms with Gasteiger partial charge in [0.05, 0.1) is 30.0 Å². The fourth-order valence-electron chi connectivity index (χ4n) is 5.24. The molecule has 0 N–H and O–H groups in total. The van der Waals surface area contributed by atoms with Crippen molar-refractivity contribution >= 4 is 23.3 Å². The molecule has 2 heterocycles. The van der Waals surface area contributed by atoms with Crippen LogP contribution in [0.25, 0.3) is 6.08 Å². The zero-order valence-corrected chi connectivity index (χ0v) is 25.8. The average molecular weight is 598 g/mol. The molecule has 0 bridgehead atoms. The summed E-state index contributed by atoms with van der Waals surface area (Å²) in [6, 6.07) is 22.3. The number of aromatic nitrogens is 1. The standard InChI is InChI=1S/C34H35N3O5S/c1-6-36(7-2)33(39)30-22(3)35-34-37(31(30)25-15-11-12-16-26(25)40-4)32(38)29(43-34)20-24-17-18-27(28(19-24)41-5)42-21-23-13-9-8-10-14-23/h8-20,31H,6-7,21H2,1-5H3/b29-20+/t31-/m1/s1. The molecule has 5 rings (SSSR count). The van der Waals surface area contributed by atoms with E-state index in [4.69, 9.17) is 19.2 Å². The van der Waals surface area contributed by atoms with Gasteiger partial charge in [-0.2, -0.15) is 0 Å². The van der Waals surface area contributed by atoms with Crippen LogP contribution in [0.5, 0.6) is 17.2 Å². The summed E-state index contributed by atoms with van der Waals surface area (Å²) in [6.07, 6.45) is 1.82. The molecule has 0 radical (unpaired) electrons. The summed E-state index contributed by atoms with van der Waals surface area (Å²) in [5, 5.41) is 0. The quantitative estimate of drug-likeness (QED) is 0.265. The number of ether oxygens (including phenoxy) is 3. The zero-order valence-electron chi connectivity index (χ0n) is 25.0. The van der Waals surface area contributed by atoms with Crippen LogP contribution in [0.3, 0.4) is 0 Å². The van der Waals surface area contributed by atoms with Crippen LogP contribution in [-0.4, -0.2) is 42.7 Å². The number of methoxy groups -OCH3 is 2. The van der Waals surface area contributed by atoms with E-state index in [1.165, 1.54) is 11.3 Å². The molecule has 0 saturated carbocycles. The summed E-state index contributed by atoms with van der Waals surface area (Å²) in [6.45, 7) is 7.21. The van der Waals surface area contributed by atoms with Crippen LogP contribution in [0.1, 0.15) is 43.5 Å². The van der Waals surface area contributed by atoms with E-state index in [1.54, 1.807) is 23.7 Å². The van der Waals surface area contributed by atoms with E-state index in [1.807, 2.05) is 99.6 Å². The van der Waals surface area contributed by atoms with Crippen molar-refractivity contribution in [1.29, 1.82) is 0 Å². The summed E-state index contributed by atoms with van der Waals surface area (Å²) >= 11 is 1.29. The maximum atomic E-state index is 14.1. The molecule has 1 amide bonds. The molecule has 8 nitrogen and oxygen atoms in total. The lowest BCUT2D eigenvalue weighted by atomic mass is 9.94. The van der Waals surface area contributed by atoms with E-state index >= 15 is 0 Å². The Kier molecular flexibility index (Phi) is 9.11. The van der Waals surface area contributed by atoms with E-state index in [-0.39, 0.29) is 11.5 Å². The molecule has 9 heteroatoms. The second kappa shape index (κ2) is 13.1. The normalized spacial score (nSPS) is 14.6. The molecule has 1 aliphatic heterocycles. The van der Waals surface area contributed by atoms with Gasteiger partial charge in [-0.05, 0) is 56.2 Å². The number of rotatable bonds is 10. The number of nitrogens with zero attached hydrogens (tertiary/aromatic N) is 3. The molecule has 3 aromatic carbocycles. The lowest BCUT2D eigenvalue weighted by Gasteiger charge is -2.29. The average Bonchev–Trinajstić information content (AvgIpc) is 3.34. The molecule has 222 valence electrons. The summed E-state index contributed by atoms with van der Waals surface area (Å²) < 4.78 is 19.4. The third-order valence-corrected chi connectivity index (χ3v) is 8.44. The Balaban J connectivity index is 1.59. The van der Waals surface area contributed by atoms with Crippen LogP contribution in [0, 0.1) is 0 Å². The zero-order chi connectivity index (χ0) is 30.5. The highest BCUT2D eigenvalue weighted by molar-refractivity contribution is 7.07.